The zero-order chi connectivity index (χ0) is 13.7. The molecule has 1 aromatic heterocycles. The molecule has 106 valence electrons. The van der Waals surface area contributed by atoms with E-state index in [1.54, 1.807) is 11.2 Å². The van der Waals surface area contributed by atoms with Crippen LogP contribution in [0, 0.1) is 5.92 Å². The number of likely N-dealkylation sites (N-methyl/N-ethyl adjacent to an activating group) is 1. The Morgan fingerprint density at radius 1 is 1.63 bits per heavy atom. The van der Waals surface area contributed by atoms with Gasteiger partial charge in [-0.3, -0.25) is 9.69 Å². The zero-order valence-electron chi connectivity index (χ0n) is 11.5. The van der Waals surface area contributed by atoms with Gasteiger partial charge in [-0.05, 0) is 44.0 Å². The van der Waals surface area contributed by atoms with Crippen LogP contribution in [0.3, 0.4) is 0 Å². The Balaban J connectivity index is 1.79. The molecule has 19 heavy (non-hydrogen) atoms. The number of hydrogen-bond acceptors (Lipinski definition) is 4. The predicted molar refractivity (Wildman–Crippen MR) is 73.4 cm³/mol. The molecule has 1 aromatic rings. The highest BCUT2D eigenvalue weighted by molar-refractivity contribution is 5.77. The molecule has 1 aliphatic heterocycles. The molecule has 0 radical (unpaired) electrons. The van der Waals surface area contributed by atoms with E-state index in [1.807, 2.05) is 19.2 Å². The summed E-state index contributed by atoms with van der Waals surface area (Å²) in [5.74, 6) is 1.49. The van der Waals surface area contributed by atoms with Gasteiger partial charge in [0.05, 0.1) is 19.4 Å². The summed E-state index contributed by atoms with van der Waals surface area (Å²) in [6, 6.07) is 3.72. The maximum atomic E-state index is 12.1. The minimum Gasteiger partial charge on any atom is -0.467 e. The van der Waals surface area contributed by atoms with Crippen LogP contribution in [0.4, 0.5) is 0 Å². The van der Waals surface area contributed by atoms with Crippen molar-refractivity contribution in [1.82, 2.24) is 9.80 Å². The molecule has 2 rings (SSSR count). The number of carbonyl (C=O) groups excluding carboxylic acids is 1. The van der Waals surface area contributed by atoms with Crippen molar-refractivity contribution in [3.8, 4) is 0 Å². The third-order valence-electron chi connectivity index (χ3n) is 3.69. The highest BCUT2D eigenvalue weighted by atomic mass is 16.3. The van der Waals surface area contributed by atoms with Crippen LogP contribution >= 0.6 is 0 Å². The molecule has 1 atom stereocenters. The average molecular weight is 265 g/mol. The first-order valence-electron chi connectivity index (χ1n) is 6.88. The van der Waals surface area contributed by atoms with Crippen molar-refractivity contribution in [3.63, 3.8) is 0 Å². The molecular formula is C14H23N3O2. The molecule has 0 saturated carbocycles. The lowest BCUT2D eigenvalue weighted by Crippen LogP contribution is -2.44. The lowest BCUT2D eigenvalue weighted by molar-refractivity contribution is -0.132. The maximum Gasteiger partial charge on any atom is 0.236 e. The van der Waals surface area contributed by atoms with Gasteiger partial charge in [0.25, 0.3) is 0 Å². The van der Waals surface area contributed by atoms with E-state index >= 15 is 0 Å². The zero-order valence-corrected chi connectivity index (χ0v) is 11.5. The van der Waals surface area contributed by atoms with Crippen molar-refractivity contribution in [3.05, 3.63) is 24.2 Å². The minimum absolute atomic E-state index is 0.133. The molecule has 1 aliphatic rings. The first-order valence-corrected chi connectivity index (χ1v) is 6.88. The van der Waals surface area contributed by atoms with Crippen LogP contribution in [0.15, 0.2) is 22.8 Å². The molecule has 1 fully saturated rings. The van der Waals surface area contributed by atoms with E-state index in [-0.39, 0.29) is 5.91 Å². The molecule has 0 spiro atoms. The van der Waals surface area contributed by atoms with Gasteiger partial charge in [0.15, 0.2) is 0 Å². The fourth-order valence-electron chi connectivity index (χ4n) is 2.52. The summed E-state index contributed by atoms with van der Waals surface area (Å²) in [6.07, 6.45) is 3.95. The molecule has 2 N–H and O–H groups in total. The number of furan rings is 1. The predicted octanol–water partition coefficient (Wildman–Crippen LogP) is 0.909. The summed E-state index contributed by atoms with van der Waals surface area (Å²) >= 11 is 0. The molecule has 1 saturated heterocycles. The normalized spacial score (nSPS) is 20.4. The minimum atomic E-state index is 0.133. The summed E-state index contributed by atoms with van der Waals surface area (Å²) in [6.45, 7) is 3.66. The van der Waals surface area contributed by atoms with Crippen molar-refractivity contribution >= 4 is 5.91 Å². The van der Waals surface area contributed by atoms with E-state index in [1.165, 1.54) is 6.42 Å². The van der Waals surface area contributed by atoms with E-state index in [0.29, 0.717) is 25.6 Å². The number of carbonyl (C=O) groups is 1. The van der Waals surface area contributed by atoms with Gasteiger partial charge in [-0.2, -0.15) is 0 Å². The van der Waals surface area contributed by atoms with E-state index in [0.717, 1.165) is 25.3 Å². The first-order chi connectivity index (χ1) is 9.19. The van der Waals surface area contributed by atoms with E-state index < -0.39 is 0 Å². The fraction of sp³-hybridized carbons (Fsp3) is 0.643. The molecule has 1 unspecified atom stereocenters. The molecule has 0 bridgehead atoms. The van der Waals surface area contributed by atoms with E-state index in [2.05, 4.69) is 4.90 Å². The number of nitrogens with two attached hydrogens (primary N) is 1. The lowest BCUT2D eigenvalue weighted by atomic mass is 9.98. The second-order valence-electron chi connectivity index (χ2n) is 5.31. The Labute approximate surface area is 114 Å². The molecule has 1 amide bonds. The van der Waals surface area contributed by atoms with Crippen molar-refractivity contribution in [2.45, 2.75) is 19.4 Å². The Kier molecular flexibility index (Phi) is 4.99. The molecular weight excluding hydrogens is 242 g/mol. The largest absolute Gasteiger partial charge is 0.467 e. The van der Waals surface area contributed by atoms with Gasteiger partial charge in [-0.25, -0.2) is 0 Å². The van der Waals surface area contributed by atoms with Crippen LogP contribution < -0.4 is 5.73 Å². The van der Waals surface area contributed by atoms with Gasteiger partial charge in [0.1, 0.15) is 5.76 Å². The fourth-order valence-corrected chi connectivity index (χ4v) is 2.52. The molecule has 5 nitrogen and oxygen atoms in total. The topological polar surface area (TPSA) is 62.7 Å². The van der Waals surface area contributed by atoms with E-state index in [4.69, 9.17) is 10.2 Å². The number of hydrogen-bond donors (Lipinski definition) is 1. The second kappa shape index (κ2) is 6.73. The van der Waals surface area contributed by atoms with Crippen molar-refractivity contribution < 1.29 is 9.21 Å². The Morgan fingerprint density at radius 3 is 3.16 bits per heavy atom. The van der Waals surface area contributed by atoms with Crippen LogP contribution in [0.25, 0.3) is 0 Å². The Bertz CT molecular complexity index is 391. The number of likely N-dealkylation sites (tertiary alicyclic amines) is 1. The summed E-state index contributed by atoms with van der Waals surface area (Å²) in [5.41, 5.74) is 5.71. The lowest BCUT2D eigenvalue weighted by Gasteiger charge is -2.32. The van der Waals surface area contributed by atoms with Crippen LogP contribution in [0.1, 0.15) is 18.6 Å². The van der Waals surface area contributed by atoms with Crippen molar-refractivity contribution in [2.75, 3.05) is 33.2 Å². The third kappa shape index (κ3) is 4.08. The van der Waals surface area contributed by atoms with Crippen LogP contribution in [-0.2, 0) is 11.3 Å². The van der Waals surface area contributed by atoms with Crippen LogP contribution in [0.2, 0.25) is 0 Å². The van der Waals surface area contributed by atoms with Gasteiger partial charge in [-0.15, -0.1) is 0 Å². The van der Waals surface area contributed by atoms with Crippen molar-refractivity contribution in [1.29, 1.82) is 0 Å². The molecule has 5 heteroatoms. The number of nitrogens with zero attached hydrogens (tertiary/aromatic N) is 2. The summed E-state index contributed by atoms with van der Waals surface area (Å²) in [4.78, 5) is 16.1. The molecule has 2 heterocycles. The van der Waals surface area contributed by atoms with Gasteiger partial charge in [-0.1, -0.05) is 0 Å². The monoisotopic (exact) mass is 265 g/mol. The number of amides is 1. The first kappa shape index (κ1) is 14.1. The second-order valence-corrected chi connectivity index (χ2v) is 5.31. The summed E-state index contributed by atoms with van der Waals surface area (Å²) < 4.78 is 5.25. The Hall–Kier alpha value is -1.33. The van der Waals surface area contributed by atoms with E-state index in [9.17, 15) is 4.79 Å². The number of rotatable bonds is 5. The summed E-state index contributed by atoms with van der Waals surface area (Å²) in [5, 5.41) is 0. The highest BCUT2D eigenvalue weighted by Crippen LogP contribution is 2.15. The van der Waals surface area contributed by atoms with Gasteiger partial charge in [0.2, 0.25) is 5.91 Å². The van der Waals surface area contributed by atoms with Crippen molar-refractivity contribution in [2.24, 2.45) is 11.7 Å². The summed E-state index contributed by atoms with van der Waals surface area (Å²) in [7, 11) is 1.81. The van der Waals surface area contributed by atoms with Gasteiger partial charge in [0, 0.05) is 13.6 Å². The Morgan fingerprint density at radius 2 is 2.47 bits per heavy atom. The quantitative estimate of drug-likeness (QED) is 0.859. The number of piperidine rings is 1. The SMILES string of the molecule is CN(Cc1ccco1)C(=O)CN1CCCC(CN)C1. The molecule has 0 aromatic carbocycles. The highest BCUT2D eigenvalue weighted by Gasteiger charge is 2.22. The van der Waals surface area contributed by atoms with Gasteiger partial charge >= 0.3 is 0 Å². The average Bonchev–Trinajstić information content (AvgIpc) is 2.91. The third-order valence-corrected chi connectivity index (χ3v) is 3.69. The van der Waals surface area contributed by atoms with Crippen LogP contribution in [-0.4, -0.2) is 48.9 Å². The van der Waals surface area contributed by atoms with Gasteiger partial charge < -0.3 is 15.1 Å². The van der Waals surface area contributed by atoms with Crippen LogP contribution in [0.5, 0.6) is 0 Å². The smallest absolute Gasteiger partial charge is 0.236 e. The molecule has 0 aliphatic carbocycles. The standard InChI is InChI=1S/C14H23N3O2/c1-16(10-13-5-3-7-19-13)14(18)11-17-6-2-4-12(8-15)9-17/h3,5,7,12H,2,4,6,8-11,15H2,1H3. The maximum absolute atomic E-state index is 12.1.